The Labute approximate surface area is 105 Å². The van der Waals surface area contributed by atoms with Gasteiger partial charge in [-0.2, -0.15) is 0 Å². The van der Waals surface area contributed by atoms with Crippen molar-refractivity contribution in [3.05, 3.63) is 29.3 Å². The van der Waals surface area contributed by atoms with E-state index in [1.165, 1.54) is 0 Å². The lowest BCUT2D eigenvalue weighted by Crippen LogP contribution is -2.35. The van der Waals surface area contributed by atoms with Gasteiger partial charge in [-0.3, -0.25) is 0 Å². The molecule has 0 amide bonds. The van der Waals surface area contributed by atoms with Gasteiger partial charge >= 0.3 is 0 Å². The van der Waals surface area contributed by atoms with Crippen molar-refractivity contribution >= 4 is 21.6 Å². The molecule has 0 aliphatic carbocycles. The summed E-state index contributed by atoms with van der Waals surface area (Å²) in [4.78, 5) is 4.45. The molecule has 0 aliphatic rings. The van der Waals surface area contributed by atoms with E-state index in [-0.39, 0.29) is 6.54 Å². The Morgan fingerprint density at radius 2 is 2.18 bits per heavy atom. The van der Waals surface area contributed by atoms with Crippen LogP contribution in [0.25, 0.3) is 10.2 Å². The van der Waals surface area contributed by atoms with Crippen LogP contribution in [0.4, 0.5) is 4.39 Å². The second kappa shape index (κ2) is 5.10. The molecule has 1 atom stereocenters. The Morgan fingerprint density at radius 1 is 1.41 bits per heavy atom. The topological polar surface area (TPSA) is 38.9 Å². The molecule has 0 fully saturated rings. The highest BCUT2D eigenvalue weighted by Crippen LogP contribution is 2.28. The molecule has 0 aliphatic heterocycles. The van der Waals surface area contributed by atoms with E-state index >= 15 is 0 Å². The number of aromatic nitrogens is 1. The predicted octanol–water partition coefficient (Wildman–Crippen LogP) is 3.31. The number of fused-ring (bicyclic) bond motifs is 1. The zero-order valence-electron chi connectivity index (χ0n) is 9.95. The molecule has 1 heterocycles. The summed E-state index contributed by atoms with van der Waals surface area (Å²) < 4.78 is 15.5. The monoisotopic (exact) mass is 252 g/mol. The molecule has 2 N–H and O–H groups in total. The fourth-order valence-corrected chi connectivity index (χ4v) is 3.07. The average Bonchev–Trinajstić information content (AvgIpc) is 2.71. The number of alkyl halides is 1. The van der Waals surface area contributed by atoms with Gasteiger partial charge in [0.1, 0.15) is 5.67 Å². The molecule has 0 bridgehead atoms. The van der Waals surface area contributed by atoms with Crippen LogP contribution in [0.5, 0.6) is 0 Å². The number of rotatable bonds is 5. The molecule has 1 unspecified atom stereocenters. The highest BCUT2D eigenvalue weighted by Gasteiger charge is 2.28. The van der Waals surface area contributed by atoms with Crippen LogP contribution in [0, 0.1) is 0 Å². The number of benzene rings is 1. The SMILES string of the molecule is CCCC(F)(CN)Cc1nc2ccccc2s1. The summed E-state index contributed by atoms with van der Waals surface area (Å²) in [6.45, 7) is 2.04. The van der Waals surface area contributed by atoms with Gasteiger partial charge in [-0.1, -0.05) is 25.5 Å². The van der Waals surface area contributed by atoms with Crippen molar-refractivity contribution in [2.75, 3.05) is 6.54 Å². The molecule has 92 valence electrons. The van der Waals surface area contributed by atoms with Crippen LogP contribution < -0.4 is 5.73 Å². The van der Waals surface area contributed by atoms with Crippen LogP contribution >= 0.6 is 11.3 Å². The summed E-state index contributed by atoms with van der Waals surface area (Å²) in [5, 5.41) is 0.840. The number of thiazole rings is 1. The van der Waals surface area contributed by atoms with E-state index in [1.54, 1.807) is 11.3 Å². The van der Waals surface area contributed by atoms with Crippen molar-refractivity contribution in [3.8, 4) is 0 Å². The van der Waals surface area contributed by atoms with Crippen molar-refractivity contribution in [1.29, 1.82) is 0 Å². The Bertz CT molecular complexity index is 464. The third kappa shape index (κ3) is 2.82. The van der Waals surface area contributed by atoms with Crippen LogP contribution in [0.15, 0.2) is 24.3 Å². The van der Waals surface area contributed by atoms with E-state index in [0.717, 1.165) is 21.6 Å². The van der Waals surface area contributed by atoms with E-state index in [2.05, 4.69) is 4.98 Å². The molecular weight excluding hydrogens is 235 g/mol. The summed E-state index contributed by atoms with van der Waals surface area (Å²) in [5.74, 6) is 0. The van der Waals surface area contributed by atoms with Gasteiger partial charge in [0.05, 0.1) is 15.2 Å². The maximum atomic E-state index is 14.4. The van der Waals surface area contributed by atoms with Gasteiger partial charge in [-0.25, -0.2) is 9.37 Å². The lowest BCUT2D eigenvalue weighted by atomic mass is 9.97. The number of nitrogens with zero attached hydrogens (tertiary/aromatic N) is 1. The lowest BCUT2D eigenvalue weighted by molar-refractivity contribution is 0.158. The smallest absolute Gasteiger partial charge is 0.129 e. The standard InChI is InChI=1S/C13H17FN2S/c1-2-7-13(14,9-15)8-12-16-10-5-3-4-6-11(10)17-12/h3-6H,2,7-9,15H2,1H3. The van der Waals surface area contributed by atoms with E-state index in [0.29, 0.717) is 12.8 Å². The molecule has 2 aromatic rings. The fourth-order valence-electron chi connectivity index (χ4n) is 1.98. The Balaban J connectivity index is 2.22. The summed E-state index contributed by atoms with van der Waals surface area (Å²) in [6, 6.07) is 7.89. The van der Waals surface area contributed by atoms with Gasteiger partial charge in [0.2, 0.25) is 0 Å². The van der Waals surface area contributed by atoms with Gasteiger partial charge in [0.25, 0.3) is 0 Å². The van der Waals surface area contributed by atoms with Crippen molar-refractivity contribution in [3.63, 3.8) is 0 Å². The summed E-state index contributed by atoms with van der Waals surface area (Å²) >= 11 is 1.56. The highest BCUT2D eigenvalue weighted by atomic mass is 32.1. The molecule has 1 aromatic carbocycles. The molecule has 17 heavy (non-hydrogen) atoms. The van der Waals surface area contributed by atoms with Crippen LogP contribution in [0.2, 0.25) is 0 Å². The summed E-state index contributed by atoms with van der Waals surface area (Å²) in [7, 11) is 0. The van der Waals surface area contributed by atoms with E-state index in [9.17, 15) is 4.39 Å². The molecule has 2 rings (SSSR count). The third-order valence-corrected chi connectivity index (χ3v) is 3.91. The molecule has 1 aromatic heterocycles. The number of hydrogen-bond donors (Lipinski definition) is 1. The van der Waals surface area contributed by atoms with Crippen LogP contribution in [0.3, 0.4) is 0 Å². The minimum atomic E-state index is -1.30. The predicted molar refractivity (Wildman–Crippen MR) is 71.1 cm³/mol. The molecule has 0 spiro atoms. The number of halogens is 1. The van der Waals surface area contributed by atoms with Gasteiger partial charge in [0.15, 0.2) is 0 Å². The highest BCUT2D eigenvalue weighted by molar-refractivity contribution is 7.18. The number of nitrogens with two attached hydrogens (primary N) is 1. The third-order valence-electron chi connectivity index (χ3n) is 2.87. The largest absolute Gasteiger partial charge is 0.328 e. The van der Waals surface area contributed by atoms with Gasteiger partial charge in [-0.15, -0.1) is 11.3 Å². The Kier molecular flexibility index (Phi) is 3.74. The van der Waals surface area contributed by atoms with Crippen molar-refractivity contribution in [2.45, 2.75) is 31.9 Å². The quantitative estimate of drug-likeness (QED) is 0.886. The fraction of sp³-hybridized carbons (Fsp3) is 0.462. The molecule has 4 heteroatoms. The van der Waals surface area contributed by atoms with Crippen molar-refractivity contribution in [2.24, 2.45) is 5.73 Å². The average molecular weight is 252 g/mol. The molecular formula is C13H17FN2S. The first-order valence-electron chi connectivity index (χ1n) is 5.90. The summed E-state index contributed by atoms with van der Waals surface area (Å²) in [5.41, 5.74) is 5.18. The first kappa shape index (κ1) is 12.5. The summed E-state index contributed by atoms with van der Waals surface area (Å²) in [6.07, 6.45) is 1.63. The minimum Gasteiger partial charge on any atom is -0.328 e. The van der Waals surface area contributed by atoms with Gasteiger partial charge in [0, 0.05) is 13.0 Å². The van der Waals surface area contributed by atoms with Crippen LogP contribution in [0.1, 0.15) is 24.8 Å². The zero-order chi connectivity index (χ0) is 12.3. The molecule has 0 saturated heterocycles. The second-order valence-electron chi connectivity index (χ2n) is 4.36. The Morgan fingerprint density at radius 3 is 2.82 bits per heavy atom. The number of hydrogen-bond acceptors (Lipinski definition) is 3. The van der Waals surface area contributed by atoms with Crippen molar-refractivity contribution in [1.82, 2.24) is 4.98 Å². The number of para-hydroxylation sites is 1. The Hall–Kier alpha value is -1.00. The van der Waals surface area contributed by atoms with E-state index < -0.39 is 5.67 Å². The first-order valence-corrected chi connectivity index (χ1v) is 6.72. The maximum Gasteiger partial charge on any atom is 0.129 e. The van der Waals surface area contributed by atoms with Crippen LogP contribution in [-0.4, -0.2) is 17.2 Å². The molecule has 0 saturated carbocycles. The first-order chi connectivity index (χ1) is 8.17. The minimum absolute atomic E-state index is 0.0662. The maximum absolute atomic E-state index is 14.4. The molecule has 0 radical (unpaired) electrons. The van der Waals surface area contributed by atoms with Gasteiger partial charge < -0.3 is 5.73 Å². The van der Waals surface area contributed by atoms with E-state index in [1.807, 2.05) is 31.2 Å². The second-order valence-corrected chi connectivity index (χ2v) is 5.47. The van der Waals surface area contributed by atoms with E-state index in [4.69, 9.17) is 5.73 Å². The normalized spacial score (nSPS) is 15.0. The van der Waals surface area contributed by atoms with Crippen LogP contribution in [-0.2, 0) is 6.42 Å². The lowest BCUT2D eigenvalue weighted by Gasteiger charge is -2.21. The molecule has 2 nitrogen and oxygen atoms in total. The zero-order valence-corrected chi connectivity index (χ0v) is 10.8. The van der Waals surface area contributed by atoms with Crippen molar-refractivity contribution < 1.29 is 4.39 Å². The van der Waals surface area contributed by atoms with Gasteiger partial charge in [-0.05, 0) is 18.6 Å².